The molecule has 3 aromatic heterocycles. The first-order valence-corrected chi connectivity index (χ1v) is 12.9. The first-order chi connectivity index (χ1) is 18.9. The molecule has 1 amide bonds. The summed E-state index contributed by atoms with van der Waals surface area (Å²) >= 11 is 0. The maximum Gasteiger partial charge on any atom is 0.254 e. The normalized spacial score (nSPS) is 17.4. The van der Waals surface area contributed by atoms with Crippen LogP contribution in [-0.2, 0) is 17.8 Å². The number of benzene rings is 1. The zero-order chi connectivity index (χ0) is 27.1. The SMILES string of the molecule is CN(C)Cc1nc(Nc2ccc(-c3cnc4cc(F)ccn34)c3c2C(=O)NC3)ccc1N1CCOC[C@@H](O)C1. The molecule has 10 nitrogen and oxygen atoms in total. The van der Waals surface area contributed by atoms with Gasteiger partial charge in [-0.2, -0.15) is 0 Å². The zero-order valence-electron chi connectivity index (χ0n) is 21.8. The van der Waals surface area contributed by atoms with Gasteiger partial charge >= 0.3 is 0 Å². The van der Waals surface area contributed by atoms with Gasteiger partial charge < -0.3 is 30.3 Å². The van der Waals surface area contributed by atoms with Crippen molar-refractivity contribution in [2.75, 3.05) is 50.6 Å². The largest absolute Gasteiger partial charge is 0.389 e. The van der Waals surface area contributed by atoms with Gasteiger partial charge in [-0.05, 0) is 43.9 Å². The molecule has 11 heteroatoms. The average Bonchev–Trinajstić information content (AvgIpc) is 3.42. The highest BCUT2D eigenvalue weighted by Gasteiger charge is 2.28. The Hall–Kier alpha value is -4.06. The van der Waals surface area contributed by atoms with Crippen molar-refractivity contribution in [1.82, 2.24) is 24.6 Å². The lowest BCUT2D eigenvalue weighted by atomic mass is 9.99. The number of nitrogens with one attached hydrogen (secondary N) is 2. The highest BCUT2D eigenvalue weighted by Crippen LogP contribution is 2.36. The molecule has 4 aromatic rings. The van der Waals surface area contributed by atoms with Crippen LogP contribution >= 0.6 is 0 Å². The number of fused-ring (bicyclic) bond motifs is 2. The Bertz CT molecular complexity index is 1550. The van der Waals surface area contributed by atoms with E-state index in [0.29, 0.717) is 62.1 Å². The van der Waals surface area contributed by atoms with Gasteiger partial charge in [0.1, 0.15) is 17.3 Å². The highest BCUT2D eigenvalue weighted by atomic mass is 19.1. The fourth-order valence-electron chi connectivity index (χ4n) is 5.26. The predicted octanol–water partition coefficient (Wildman–Crippen LogP) is 2.78. The van der Waals surface area contributed by atoms with Crippen LogP contribution in [0.15, 0.2) is 48.8 Å². The second kappa shape index (κ2) is 10.3. The second-order valence-electron chi connectivity index (χ2n) is 10.1. The number of amides is 1. The quantitative estimate of drug-likeness (QED) is 0.349. The van der Waals surface area contributed by atoms with Crippen LogP contribution in [0.3, 0.4) is 0 Å². The van der Waals surface area contributed by atoms with Crippen molar-refractivity contribution in [2.45, 2.75) is 19.2 Å². The third-order valence-corrected chi connectivity index (χ3v) is 6.98. The molecule has 2 aliphatic rings. The van der Waals surface area contributed by atoms with Crippen molar-refractivity contribution in [2.24, 2.45) is 0 Å². The van der Waals surface area contributed by atoms with Crippen LogP contribution in [0, 0.1) is 5.82 Å². The van der Waals surface area contributed by atoms with Crippen molar-refractivity contribution < 1.29 is 19.0 Å². The first kappa shape index (κ1) is 25.2. The summed E-state index contributed by atoms with van der Waals surface area (Å²) in [6, 6.07) is 10.5. The molecule has 6 rings (SSSR count). The van der Waals surface area contributed by atoms with Crippen LogP contribution in [0.2, 0.25) is 0 Å². The summed E-state index contributed by atoms with van der Waals surface area (Å²) in [4.78, 5) is 26.4. The third kappa shape index (κ3) is 4.91. The second-order valence-corrected chi connectivity index (χ2v) is 10.1. The van der Waals surface area contributed by atoms with E-state index in [1.54, 1.807) is 12.4 Å². The number of ether oxygens (including phenoxy) is 1. The monoisotopic (exact) mass is 531 g/mol. The van der Waals surface area contributed by atoms with Crippen LogP contribution in [0.5, 0.6) is 0 Å². The van der Waals surface area contributed by atoms with Gasteiger partial charge in [0.05, 0.1) is 53.8 Å². The van der Waals surface area contributed by atoms with Crippen LogP contribution in [0.25, 0.3) is 16.9 Å². The fourth-order valence-corrected chi connectivity index (χ4v) is 5.26. The smallest absolute Gasteiger partial charge is 0.254 e. The summed E-state index contributed by atoms with van der Waals surface area (Å²) < 4.78 is 21.0. The minimum atomic E-state index is -0.566. The van der Waals surface area contributed by atoms with E-state index in [4.69, 9.17) is 9.72 Å². The number of halogens is 1. The number of hydrogen-bond acceptors (Lipinski definition) is 8. The molecule has 1 aromatic carbocycles. The Labute approximate surface area is 225 Å². The molecule has 0 aliphatic carbocycles. The van der Waals surface area contributed by atoms with E-state index in [0.717, 1.165) is 28.2 Å². The molecule has 0 saturated carbocycles. The minimum Gasteiger partial charge on any atom is -0.389 e. The van der Waals surface area contributed by atoms with Crippen LogP contribution in [0.1, 0.15) is 21.6 Å². The molecule has 2 aliphatic heterocycles. The van der Waals surface area contributed by atoms with Gasteiger partial charge in [0, 0.05) is 44.0 Å². The van der Waals surface area contributed by atoms with Gasteiger partial charge in [-0.1, -0.05) is 6.07 Å². The third-order valence-electron chi connectivity index (χ3n) is 6.98. The van der Waals surface area contributed by atoms with Gasteiger partial charge in [-0.15, -0.1) is 0 Å². The number of aliphatic hydroxyl groups is 1. The van der Waals surface area contributed by atoms with E-state index < -0.39 is 6.10 Å². The van der Waals surface area contributed by atoms with E-state index >= 15 is 0 Å². The van der Waals surface area contributed by atoms with E-state index in [-0.39, 0.29) is 11.7 Å². The summed E-state index contributed by atoms with van der Waals surface area (Å²) in [5.74, 6) is 0.0915. The summed E-state index contributed by atoms with van der Waals surface area (Å²) in [6.07, 6.45) is 2.77. The fraction of sp³-hybridized carbons (Fsp3) is 0.321. The maximum atomic E-state index is 13.7. The Morgan fingerprint density at radius 1 is 1.26 bits per heavy atom. The molecule has 3 N–H and O–H groups in total. The Kier molecular flexibility index (Phi) is 6.63. The maximum absolute atomic E-state index is 13.7. The molecule has 202 valence electrons. The van der Waals surface area contributed by atoms with Gasteiger partial charge in [-0.3, -0.25) is 9.20 Å². The minimum absolute atomic E-state index is 0.169. The van der Waals surface area contributed by atoms with Crippen molar-refractivity contribution >= 4 is 28.7 Å². The molecule has 1 saturated heterocycles. The molecule has 39 heavy (non-hydrogen) atoms. The van der Waals surface area contributed by atoms with E-state index in [2.05, 4.69) is 20.5 Å². The lowest BCUT2D eigenvalue weighted by molar-refractivity contribution is 0.0597. The number of β-amino-alcohol motifs (C(OH)–C–C–N with tert-alkyl or cyclic N) is 1. The zero-order valence-corrected chi connectivity index (χ0v) is 21.8. The molecule has 0 bridgehead atoms. The van der Waals surface area contributed by atoms with E-state index in [1.165, 1.54) is 12.1 Å². The van der Waals surface area contributed by atoms with E-state index in [9.17, 15) is 14.3 Å². The molecular weight excluding hydrogens is 501 g/mol. The lowest BCUT2D eigenvalue weighted by Gasteiger charge is -2.27. The number of hydrogen-bond donors (Lipinski definition) is 3. The van der Waals surface area contributed by atoms with Gasteiger partial charge in [0.2, 0.25) is 0 Å². The first-order valence-electron chi connectivity index (χ1n) is 12.9. The molecular formula is C28H30FN7O3. The number of imidazole rings is 1. The summed E-state index contributed by atoms with van der Waals surface area (Å²) in [6.45, 7) is 2.97. The van der Waals surface area contributed by atoms with Crippen molar-refractivity contribution in [1.29, 1.82) is 0 Å². The molecule has 0 radical (unpaired) electrons. The lowest BCUT2D eigenvalue weighted by Crippen LogP contribution is -2.34. The number of anilines is 3. The standard InChI is InChI=1S/C28H30FN7O3/c1-34(2)15-22-23(35-9-10-39-16-18(37)14-35)5-6-25(33-22)32-21-4-3-19(20-12-31-28(38)27(20)21)24-13-30-26-11-17(29)7-8-36(24)26/h3-8,11,13,18,37H,9-10,12,14-16H2,1-2H3,(H,31,38)(H,32,33)/t18-/m0/s1. The Morgan fingerprint density at radius 2 is 2.13 bits per heavy atom. The predicted molar refractivity (Wildman–Crippen MR) is 146 cm³/mol. The topological polar surface area (TPSA) is 107 Å². The molecule has 1 atom stereocenters. The van der Waals surface area contributed by atoms with Crippen LogP contribution in [-0.4, -0.2) is 76.8 Å². The van der Waals surface area contributed by atoms with E-state index in [1.807, 2.05) is 47.7 Å². The Balaban J connectivity index is 1.36. The van der Waals surface area contributed by atoms with Crippen molar-refractivity contribution in [3.63, 3.8) is 0 Å². The number of nitrogens with zero attached hydrogens (tertiary/aromatic N) is 5. The van der Waals surface area contributed by atoms with Crippen molar-refractivity contribution in [3.05, 3.63) is 71.4 Å². The van der Waals surface area contributed by atoms with Gasteiger partial charge in [0.15, 0.2) is 0 Å². The number of aromatic nitrogens is 3. The summed E-state index contributed by atoms with van der Waals surface area (Å²) in [5.41, 5.74) is 5.99. The number of rotatable bonds is 6. The number of carbonyl (C=O) groups excluding carboxylic acids is 1. The van der Waals surface area contributed by atoms with Crippen molar-refractivity contribution in [3.8, 4) is 11.3 Å². The highest BCUT2D eigenvalue weighted by molar-refractivity contribution is 6.06. The molecule has 5 heterocycles. The summed E-state index contributed by atoms with van der Waals surface area (Å²) in [7, 11) is 3.97. The molecule has 0 unspecified atom stereocenters. The molecule has 1 fully saturated rings. The van der Waals surface area contributed by atoms with Crippen LogP contribution < -0.4 is 15.5 Å². The van der Waals surface area contributed by atoms with Gasteiger partial charge in [0.25, 0.3) is 5.91 Å². The average molecular weight is 532 g/mol. The number of aliphatic hydroxyl groups excluding tert-OH is 1. The summed E-state index contributed by atoms with van der Waals surface area (Å²) in [5, 5.41) is 16.5. The van der Waals surface area contributed by atoms with Crippen LogP contribution in [0.4, 0.5) is 21.6 Å². The number of carbonyl (C=O) groups is 1. The number of pyridine rings is 2. The molecule has 0 spiro atoms. The Morgan fingerprint density at radius 3 is 2.97 bits per heavy atom. The van der Waals surface area contributed by atoms with Gasteiger partial charge in [-0.25, -0.2) is 14.4 Å².